The number of ether oxygens (including phenoxy) is 14. The van der Waals surface area contributed by atoms with Crippen LogP contribution in [0.4, 0.5) is 0 Å². The minimum Gasteiger partial charge on any atom is -0.469 e. The van der Waals surface area contributed by atoms with Gasteiger partial charge in [0.25, 0.3) is 0 Å². The molecule has 0 heterocycles. The van der Waals surface area contributed by atoms with E-state index in [0.29, 0.717) is 165 Å². The van der Waals surface area contributed by atoms with Crippen molar-refractivity contribution in [3.05, 3.63) is 0 Å². The van der Waals surface area contributed by atoms with Crippen molar-refractivity contribution in [1.82, 2.24) is 0 Å². The van der Waals surface area contributed by atoms with Gasteiger partial charge in [-0.05, 0) is 13.8 Å². The Labute approximate surface area is 275 Å². The topological polar surface area (TPSA) is 146 Å². The van der Waals surface area contributed by atoms with Crippen molar-refractivity contribution in [3.63, 3.8) is 0 Å². The summed E-state index contributed by atoms with van der Waals surface area (Å²) in [5, 5.41) is 0. The monoisotopic (exact) mass is 674 g/mol. The highest BCUT2D eigenvalue weighted by atomic mass is 16.6. The molecule has 0 aliphatic carbocycles. The van der Waals surface area contributed by atoms with Gasteiger partial charge < -0.3 is 66.3 Å². The maximum atomic E-state index is 10.9. The molecular weight excluding hydrogens is 612 g/mol. The Balaban J connectivity index is 3.05. The molecule has 0 radical (unpaired) electrons. The lowest BCUT2D eigenvalue weighted by Crippen LogP contribution is -2.15. The molecule has 276 valence electrons. The highest BCUT2D eigenvalue weighted by Gasteiger charge is 2.00. The van der Waals surface area contributed by atoms with Crippen LogP contribution in [-0.4, -0.2) is 184 Å². The molecule has 0 aromatic heterocycles. The second kappa shape index (κ2) is 40.1. The van der Waals surface area contributed by atoms with E-state index in [4.69, 9.17) is 61.6 Å². The van der Waals surface area contributed by atoms with Crippen LogP contribution in [0, 0.1) is 0 Å². The van der Waals surface area contributed by atoms with Crippen LogP contribution < -0.4 is 0 Å². The van der Waals surface area contributed by atoms with E-state index >= 15 is 0 Å². The molecule has 0 atom stereocenters. The molecule has 0 rings (SSSR count). The first-order chi connectivity index (χ1) is 22.7. The van der Waals surface area contributed by atoms with E-state index in [1.54, 1.807) is 0 Å². The molecular formula is C31H62O15. The van der Waals surface area contributed by atoms with Crippen LogP contribution >= 0.6 is 0 Å². The fraction of sp³-hybridized carbons (Fsp3) is 0.968. The molecule has 0 N–H and O–H groups in total. The van der Waals surface area contributed by atoms with Gasteiger partial charge in [0.2, 0.25) is 0 Å². The van der Waals surface area contributed by atoms with Gasteiger partial charge in [-0.25, -0.2) is 0 Å². The zero-order valence-corrected chi connectivity index (χ0v) is 28.6. The third kappa shape index (κ3) is 41.0. The molecule has 0 spiro atoms. The van der Waals surface area contributed by atoms with Gasteiger partial charge in [0.05, 0.1) is 185 Å². The summed E-state index contributed by atoms with van der Waals surface area (Å²) in [5.41, 5.74) is 0. The number of carbonyl (C=O) groups excluding carboxylic acids is 1. The quantitative estimate of drug-likeness (QED) is 0.0677. The smallest absolute Gasteiger partial charge is 0.307 e. The molecule has 0 aliphatic heterocycles. The molecule has 15 heteroatoms. The fourth-order valence-electron chi connectivity index (χ4n) is 3.12. The van der Waals surface area contributed by atoms with Crippen LogP contribution in [0.25, 0.3) is 0 Å². The van der Waals surface area contributed by atoms with Crippen molar-refractivity contribution in [2.24, 2.45) is 0 Å². The predicted molar refractivity (Wildman–Crippen MR) is 168 cm³/mol. The van der Waals surface area contributed by atoms with Gasteiger partial charge in [0.1, 0.15) is 0 Å². The van der Waals surface area contributed by atoms with Crippen LogP contribution in [0.1, 0.15) is 20.3 Å². The van der Waals surface area contributed by atoms with Crippen molar-refractivity contribution in [2.75, 3.05) is 172 Å². The Bertz CT molecular complexity index is 586. The van der Waals surface area contributed by atoms with Crippen molar-refractivity contribution in [3.8, 4) is 0 Å². The van der Waals surface area contributed by atoms with Gasteiger partial charge in [-0.2, -0.15) is 0 Å². The van der Waals surface area contributed by atoms with Crippen molar-refractivity contribution in [1.29, 1.82) is 0 Å². The van der Waals surface area contributed by atoms with Gasteiger partial charge >= 0.3 is 5.97 Å². The normalized spacial score (nSPS) is 11.6. The van der Waals surface area contributed by atoms with E-state index in [9.17, 15) is 4.79 Å². The lowest BCUT2D eigenvalue weighted by molar-refractivity contribution is -0.141. The molecule has 0 unspecified atom stereocenters. The highest BCUT2D eigenvalue weighted by Crippen LogP contribution is 1.90. The number of rotatable bonds is 40. The standard InChI is InChI=1S/C31H62O15/c1-30(2)46-29-28-45-27-26-44-25-24-43-23-22-42-21-20-41-19-18-40-17-16-39-15-14-38-13-12-37-11-10-36-9-8-35-7-6-34-5-4-31(32)33-3/h30H,4-29H2,1-3H3. The molecule has 15 nitrogen and oxygen atoms in total. The molecule has 0 fully saturated rings. The van der Waals surface area contributed by atoms with Crippen LogP contribution in [-0.2, 0) is 71.1 Å². The Morgan fingerprint density at radius 1 is 0.348 bits per heavy atom. The third-order valence-electron chi connectivity index (χ3n) is 5.45. The van der Waals surface area contributed by atoms with Gasteiger partial charge in [0.15, 0.2) is 0 Å². The number of esters is 1. The summed E-state index contributed by atoms with van der Waals surface area (Å²) in [6, 6.07) is 0. The Kier molecular flexibility index (Phi) is 39.2. The molecule has 46 heavy (non-hydrogen) atoms. The van der Waals surface area contributed by atoms with Crippen LogP contribution in [0.2, 0.25) is 0 Å². The minimum atomic E-state index is -0.286. The van der Waals surface area contributed by atoms with E-state index in [1.807, 2.05) is 13.8 Å². The minimum absolute atomic E-state index is 0.228. The lowest BCUT2D eigenvalue weighted by atomic mass is 10.5. The lowest BCUT2D eigenvalue weighted by Gasteiger charge is -2.09. The van der Waals surface area contributed by atoms with Gasteiger partial charge in [-0.15, -0.1) is 0 Å². The van der Waals surface area contributed by atoms with Crippen LogP contribution in [0.3, 0.4) is 0 Å². The summed E-state index contributed by atoms with van der Waals surface area (Å²) >= 11 is 0. The third-order valence-corrected chi connectivity index (χ3v) is 5.45. The number of hydrogen-bond acceptors (Lipinski definition) is 15. The zero-order valence-electron chi connectivity index (χ0n) is 28.6. The Hall–Kier alpha value is -1.05. The number of hydrogen-bond donors (Lipinski definition) is 0. The van der Waals surface area contributed by atoms with Gasteiger partial charge in [-0.1, -0.05) is 0 Å². The van der Waals surface area contributed by atoms with Crippen molar-refractivity contribution >= 4 is 5.97 Å². The molecule has 0 bridgehead atoms. The summed E-state index contributed by atoms with van der Waals surface area (Å²) in [6.45, 7) is 16.5. The van der Waals surface area contributed by atoms with E-state index in [2.05, 4.69) is 4.74 Å². The van der Waals surface area contributed by atoms with Crippen molar-refractivity contribution < 1.29 is 71.1 Å². The molecule has 0 aliphatic rings. The predicted octanol–water partition coefficient (Wildman–Crippen LogP) is 1.17. The van der Waals surface area contributed by atoms with Crippen molar-refractivity contribution in [2.45, 2.75) is 26.4 Å². The molecule has 0 amide bonds. The Morgan fingerprint density at radius 2 is 0.543 bits per heavy atom. The van der Waals surface area contributed by atoms with E-state index in [-0.39, 0.29) is 18.5 Å². The van der Waals surface area contributed by atoms with E-state index in [1.165, 1.54) is 7.11 Å². The summed E-state index contributed by atoms with van der Waals surface area (Å²) in [4.78, 5) is 10.9. The average molecular weight is 675 g/mol. The number of carbonyl (C=O) groups is 1. The van der Waals surface area contributed by atoms with Gasteiger partial charge in [-0.3, -0.25) is 4.79 Å². The molecule has 0 aromatic rings. The Morgan fingerprint density at radius 3 is 0.739 bits per heavy atom. The maximum Gasteiger partial charge on any atom is 0.307 e. The summed E-state index contributed by atoms with van der Waals surface area (Å²) < 4.78 is 75.0. The van der Waals surface area contributed by atoms with Crippen LogP contribution in [0.15, 0.2) is 0 Å². The SMILES string of the molecule is COC(=O)CCOCCOCCOCCOCCOCCOCCOCCOCCOCCOCCOCCOCCOC(C)C. The summed E-state index contributed by atoms with van der Waals surface area (Å²) in [6.07, 6.45) is 0.472. The molecule has 0 aromatic carbocycles. The first kappa shape index (κ1) is 45.0. The van der Waals surface area contributed by atoms with Crippen LogP contribution in [0.5, 0.6) is 0 Å². The first-order valence-corrected chi connectivity index (χ1v) is 16.3. The van der Waals surface area contributed by atoms with Gasteiger partial charge in [0, 0.05) is 0 Å². The second-order valence-corrected chi connectivity index (χ2v) is 9.59. The molecule has 0 saturated heterocycles. The average Bonchev–Trinajstić information content (AvgIpc) is 3.05. The van der Waals surface area contributed by atoms with E-state index < -0.39 is 0 Å². The summed E-state index contributed by atoms with van der Waals surface area (Å²) in [7, 11) is 1.35. The number of methoxy groups -OCH3 is 1. The second-order valence-electron chi connectivity index (χ2n) is 9.59. The zero-order chi connectivity index (χ0) is 33.4. The van der Waals surface area contributed by atoms with E-state index in [0.717, 1.165) is 0 Å². The molecule has 0 saturated carbocycles. The fourth-order valence-corrected chi connectivity index (χ4v) is 3.12. The largest absolute Gasteiger partial charge is 0.469 e. The summed E-state index contributed by atoms with van der Waals surface area (Å²) in [5.74, 6) is -0.286. The first-order valence-electron chi connectivity index (χ1n) is 16.3. The highest BCUT2D eigenvalue weighted by molar-refractivity contribution is 5.69. The maximum absolute atomic E-state index is 10.9.